The summed E-state index contributed by atoms with van der Waals surface area (Å²) in [6.07, 6.45) is 1.40. The van der Waals surface area contributed by atoms with Gasteiger partial charge in [0.05, 0.1) is 23.6 Å². The molecule has 4 rings (SSSR count). The van der Waals surface area contributed by atoms with Crippen molar-refractivity contribution in [1.29, 1.82) is 0 Å². The molecule has 1 heterocycles. The number of hydrogen-bond donors (Lipinski definition) is 2. The molecule has 0 bridgehead atoms. The lowest BCUT2D eigenvalue weighted by molar-refractivity contribution is 0.0600. The van der Waals surface area contributed by atoms with Crippen LogP contribution in [0.1, 0.15) is 21.5 Å². The molecule has 4 aromatic rings. The van der Waals surface area contributed by atoms with Gasteiger partial charge in [-0.25, -0.2) is 4.79 Å². The van der Waals surface area contributed by atoms with E-state index in [1.165, 1.54) is 13.4 Å². The second-order valence-corrected chi connectivity index (χ2v) is 7.18. The van der Waals surface area contributed by atoms with Crippen molar-refractivity contribution in [3.63, 3.8) is 0 Å². The van der Waals surface area contributed by atoms with Gasteiger partial charge >= 0.3 is 5.97 Å². The second kappa shape index (κ2) is 9.27. The van der Waals surface area contributed by atoms with Gasteiger partial charge in [0.25, 0.3) is 0 Å². The van der Waals surface area contributed by atoms with Crippen molar-refractivity contribution in [2.75, 3.05) is 7.11 Å². The highest BCUT2D eigenvalue weighted by atomic mass is 16.5. The van der Waals surface area contributed by atoms with Crippen LogP contribution in [-0.2, 0) is 11.3 Å². The molecule has 0 unspecified atom stereocenters. The second-order valence-electron chi connectivity index (χ2n) is 7.18. The molecule has 0 saturated heterocycles. The predicted molar refractivity (Wildman–Crippen MR) is 123 cm³/mol. The van der Waals surface area contributed by atoms with Gasteiger partial charge in [0.15, 0.2) is 11.3 Å². The van der Waals surface area contributed by atoms with Crippen molar-refractivity contribution in [1.82, 2.24) is 0 Å². The Morgan fingerprint density at radius 1 is 1.06 bits per heavy atom. The summed E-state index contributed by atoms with van der Waals surface area (Å²) in [5.41, 5.74) is 8.58. The fourth-order valence-electron chi connectivity index (χ4n) is 3.35. The number of fused-ring (bicyclic) bond motifs is 1. The maximum Gasteiger partial charge on any atom is 0.337 e. The van der Waals surface area contributed by atoms with Gasteiger partial charge in [-0.15, -0.1) is 0 Å². The maximum absolute atomic E-state index is 13.0. The molecule has 0 fully saturated rings. The van der Waals surface area contributed by atoms with Gasteiger partial charge in [-0.3, -0.25) is 4.79 Å². The number of nitrogens with zero attached hydrogens (tertiary/aromatic N) is 1. The average molecular weight is 444 g/mol. The zero-order valence-corrected chi connectivity index (χ0v) is 17.6. The molecule has 0 radical (unpaired) electrons. The lowest BCUT2D eigenvalue weighted by Gasteiger charge is -2.09. The molecule has 0 saturated carbocycles. The van der Waals surface area contributed by atoms with E-state index in [4.69, 9.17) is 24.8 Å². The van der Waals surface area contributed by atoms with Crippen LogP contribution in [0.4, 0.5) is 0 Å². The van der Waals surface area contributed by atoms with E-state index in [1.807, 2.05) is 6.07 Å². The summed E-state index contributed by atoms with van der Waals surface area (Å²) in [7, 11) is 1.33. The zero-order chi connectivity index (χ0) is 23.4. The molecule has 0 aliphatic heterocycles. The number of carbonyl (C=O) groups is 1. The van der Waals surface area contributed by atoms with E-state index < -0.39 is 5.97 Å². The number of hydrogen-bond acceptors (Lipinski definition) is 7. The van der Waals surface area contributed by atoms with Crippen LogP contribution >= 0.6 is 0 Å². The van der Waals surface area contributed by atoms with E-state index in [1.54, 1.807) is 60.7 Å². The van der Waals surface area contributed by atoms with Crippen LogP contribution in [0.2, 0.25) is 0 Å². The largest absolute Gasteiger partial charge is 0.489 e. The number of nitrogens with two attached hydrogens (primary N) is 1. The molecule has 0 aliphatic carbocycles. The number of rotatable bonds is 6. The summed E-state index contributed by atoms with van der Waals surface area (Å²) in [5.74, 6) is 0.0846. The van der Waals surface area contributed by atoms with Gasteiger partial charge in [-0.1, -0.05) is 41.6 Å². The number of amidine groups is 1. The minimum atomic E-state index is -0.417. The van der Waals surface area contributed by atoms with Gasteiger partial charge in [0, 0.05) is 11.6 Å². The molecular formula is C25H20N2O6. The van der Waals surface area contributed by atoms with Crippen LogP contribution in [0.5, 0.6) is 5.75 Å². The standard InChI is InChI=1S/C25H20N2O6/c1-31-25(29)18-4-2-3-15(11-18)13-32-19-9-10-20-22(12-19)33-14-21(23(20)28)16-5-7-17(8-6-16)24(26)27-30/h2-12,14,30H,13H2,1H3,(H2,26,27). The number of ether oxygens (including phenoxy) is 2. The van der Waals surface area contributed by atoms with Gasteiger partial charge in [-0.2, -0.15) is 0 Å². The Morgan fingerprint density at radius 3 is 2.58 bits per heavy atom. The SMILES string of the molecule is COC(=O)c1cccc(COc2ccc3c(=O)c(-c4ccc(C(N)=NO)cc4)coc3c2)c1. The first-order chi connectivity index (χ1) is 16.0. The third-order valence-corrected chi connectivity index (χ3v) is 5.10. The lowest BCUT2D eigenvalue weighted by Crippen LogP contribution is -2.12. The molecule has 0 spiro atoms. The van der Waals surface area contributed by atoms with E-state index in [-0.39, 0.29) is 17.9 Å². The Labute approximate surface area is 188 Å². The van der Waals surface area contributed by atoms with E-state index >= 15 is 0 Å². The predicted octanol–water partition coefficient (Wildman–Crippen LogP) is 3.92. The third kappa shape index (κ3) is 4.54. The van der Waals surface area contributed by atoms with E-state index in [0.717, 1.165) is 5.56 Å². The molecule has 3 aromatic carbocycles. The van der Waals surface area contributed by atoms with E-state index in [9.17, 15) is 9.59 Å². The highest BCUT2D eigenvalue weighted by Crippen LogP contribution is 2.24. The highest BCUT2D eigenvalue weighted by Gasteiger charge is 2.11. The normalized spacial score (nSPS) is 11.4. The first-order valence-corrected chi connectivity index (χ1v) is 9.94. The number of benzene rings is 3. The van der Waals surface area contributed by atoms with Crippen LogP contribution in [0, 0.1) is 0 Å². The van der Waals surface area contributed by atoms with Crippen LogP contribution in [0.25, 0.3) is 22.1 Å². The molecule has 8 heteroatoms. The molecule has 8 nitrogen and oxygen atoms in total. The monoisotopic (exact) mass is 444 g/mol. The van der Waals surface area contributed by atoms with Crippen LogP contribution in [0.3, 0.4) is 0 Å². The first kappa shape index (κ1) is 21.6. The molecule has 166 valence electrons. The van der Waals surface area contributed by atoms with Gasteiger partial charge in [0.1, 0.15) is 24.2 Å². The molecule has 0 atom stereocenters. The van der Waals surface area contributed by atoms with Gasteiger partial charge in [0.2, 0.25) is 0 Å². The summed E-state index contributed by atoms with van der Waals surface area (Å²) in [5, 5.41) is 12.1. The van der Waals surface area contributed by atoms with E-state index in [0.29, 0.717) is 39.0 Å². The Kier molecular flexibility index (Phi) is 6.08. The minimum Gasteiger partial charge on any atom is -0.489 e. The van der Waals surface area contributed by atoms with Crippen molar-refractivity contribution in [2.24, 2.45) is 10.9 Å². The summed E-state index contributed by atoms with van der Waals surface area (Å²) in [6.45, 7) is 0.227. The summed E-state index contributed by atoms with van der Waals surface area (Å²) < 4.78 is 16.3. The van der Waals surface area contributed by atoms with Gasteiger partial charge < -0.3 is 24.8 Å². The molecule has 0 aliphatic rings. The summed E-state index contributed by atoms with van der Waals surface area (Å²) >= 11 is 0. The van der Waals surface area contributed by atoms with Crippen molar-refractivity contribution in [3.05, 3.63) is 99.9 Å². The zero-order valence-electron chi connectivity index (χ0n) is 17.6. The number of oxime groups is 1. The molecular weight excluding hydrogens is 424 g/mol. The molecule has 33 heavy (non-hydrogen) atoms. The van der Waals surface area contributed by atoms with Crippen LogP contribution in [-0.4, -0.2) is 24.1 Å². The Hall–Kier alpha value is -4.59. The fraction of sp³-hybridized carbons (Fsp3) is 0.0800. The van der Waals surface area contributed by atoms with Crippen molar-refractivity contribution < 1.29 is 23.9 Å². The first-order valence-electron chi connectivity index (χ1n) is 9.94. The summed E-state index contributed by atoms with van der Waals surface area (Å²) in [6, 6.07) is 18.6. The molecule has 3 N–H and O–H groups in total. The topological polar surface area (TPSA) is 124 Å². The Balaban J connectivity index is 1.56. The van der Waals surface area contributed by atoms with Crippen LogP contribution in [0.15, 0.2) is 87.4 Å². The van der Waals surface area contributed by atoms with E-state index in [2.05, 4.69) is 5.16 Å². The average Bonchev–Trinajstić information content (AvgIpc) is 2.87. The fourth-order valence-corrected chi connectivity index (χ4v) is 3.35. The van der Waals surface area contributed by atoms with Crippen LogP contribution < -0.4 is 15.9 Å². The quantitative estimate of drug-likeness (QED) is 0.152. The van der Waals surface area contributed by atoms with Crippen molar-refractivity contribution in [3.8, 4) is 16.9 Å². The van der Waals surface area contributed by atoms with Gasteiger partial charge in [-0.05, 0) is 35.4 Å². The maximum atomic E-state index is 13.0. The smallest absolute Gasteiger partial charge is 0.337 e. The van der Waals surface area contributed by atoms with Crippen molar-refractivity contribution >= 4 is 22.8 Å². The minimum absolute atomic E-state index is 0.0170. The highest BCUT2D eigenvalue weighted by molar-refractivity contribution is 5.97. The Morgan fingerprint density at radius 2 is 1.85 bits per heavy atom. The molecule has 0 amide bonds. The van der Waals surface area contributed by atoms with Crippen molar-refractivity contribution in [2.45, 2.75) is 6.61 Å². The Bertz CT molecular complexity index is 1410. The number of esters is 1. The third-order valence-electron chi connectivity index (χ3n) is 5.10. The lowest BCUT2D eigenvalue weighted by atomic mass is 10.0. The summed E-state index contributed by atoms with van der Waals surface area (Å²) in [4.78, 5) is 24.7. The number of methoxy groups -OCH3 is 1. The number of carbonyl (C=O) groups excluding carboxylic acids is 1. The molecule has 1 aromatic heterocycles.